The van der Waals surface area contributed by atoms with Gasteiger partial charge in [-0.15, -0.1) is 0 Å². The minimum absolute atomic E-state index is 0.0149. The van der Waals surface area contributed by atoms with Crippen LogP contribution < -0.4 is 4.74 Å². The Morgan fingerprint density at radius 3 is 2.75 bits per heavy atom. The Bertz CT molecular complexity index is 894. The molecule has 0 bridgehead atoms. The molecule has 148 valence electrons. The van der Waals surface area contributed by atoms with E-state index in [0.29, 0.717) is 47.7 Å². The quantitative estimate of drug-likeness (QED) is 0.624. The SMILES string of the molecule is CN(C)CCCOc1ccc2c(c1)N=C(CCc1cccc(F)c1F)CC2=O. The highest BCUT2D eigenvalue weighted by Crippen LogP contribution is 2.31. The van der Waals surface area contributed by atoms with Gasteiger partial charge in [-0.1, -0.05) is 12.1 Å². The summed E-state index contributed by atoms with van der Waals surface area (Å²) in [4.78, 5) is 19.1. The van der Waals surface area contributed by atoms with E-state index in [9.17, 15) is 13.6 Å². The van der Waals surface area contributed by atoms with Crippen LogP contribution in [0.4, 0.5) is 14.5 Å². The molecular formula is C22H24F2N2O2. The molecular weight excluding hydrogens is 362 g/mol. The van der Waals surface area contributed by atoms with Crippen LogP contribution in [0, 0.1) is 11.6 Å². The number of aliphatic imine (C=N–C) groups is 1. The zero-order chi connectivity index (χ0) is 20.1. The van der Waals surface area contributed by atoms with Crippen molar-refractivity contribution in [2.24, 2.45) is 4.99 Å². The molecule has 0 spiro atoms. The molecule has 28 heavy (non-hydrogen) atoms. The van der Waals surface area contributed by atoms with Gasteiger partial charge in [-0.2, -0.15) is 0 Å². The third-order valence-electron chi connectivity index (χ3n) is 4.65. The third-order valence-corrected chi connectivity index (χ3v) is 4.65. The van der Waals surface area contributed by atoms with Crippen molar-refractivity contribution in [2.75, 3.05) is 27.2 Å². The fraction of sp³-hybridized carbons (Fsp3) is 0.364. The predicted octanol–water partition coefficient (Wildman–Crippen LogP) is 4.59. The van der Waals surface area contributed by atoms with Crippen LogP contribution in [0.5, 0.6) is 5.75 Å². The van der Waals surface area contributed by atoms with Crippen molar-refractivity contribution in [3.05, 3.63) is 59.2 Å². The summed E-state index contributed by atoms with van der Waals surface area (Å²) in [6.45, 7) is 1.52. The lowest BCUT2D eigenvalue weighted by molar-refractivity contribution is 0.0999. The molecule has 0 atom stereocenters. The number of rotatable bonds is 8. The van der Waals surface area contributed by atoms with E-state index in [4.69, 9.17) is 4.74 Å². The topological polar surface area (TPSA) is 41.9 Å². The number of carbonyl (C=O) groups is 1. The molecule has 6 heteroatoms. The monoisotopic (exact) mass is 386 g/mol. The Labute approximate surface area is 163 Å². The maximum absolute atomic E-state index is 13.8. The van der Waals surface area contributed by atoms with Crippen LogP contribution in [-0.4, -0.2) is 43.6 Å². The highest BCUT2D eigenvalue weighted by Gasteiger charge is 2.21. The Hall–Kier alpha value is -2.60. The number of benzene rings is 2. The summed E-state index contributed by atoms with van der Waals surface area (Å²) in [5, 5.41) is 0. The lowest BCUT2D eigenvalue weighted by atomic mass is 9.96. The van der Waals surface area contributed by atoms with E-state index in [1.54, 1.807) is 24.3 Å². The van der Waals surface area contributed by atoms with Crippen LogP contribution in [0.2, 0.25) is 0 Å². The number of fused-ring (bicyclic) bond motifs is 1. The number of halogens is 2. The minimum Gasteiger partial charge on any atom is -0.493 e. The van der Waals surface area contributed by atoms with Crippen molar-refractivity contribution < 1.29 is 18.3 Å². The zero-order valence-corrected chi connectivity index (χ0v) is 16.2. The second kappa shape index (κ2) is 9.06. The molecule has 0 N–H and O–H groups in total. The van der Waals surface area contributed by atoms with E-state index in [1.165, 1.54) is 6.07 Å². The van der Waals surface area contributed by atoms with Gasteiger partial charge in [0, 0.05) is 30.3 Å². The lowest BCUT2D eigenvalue weighted by Crippen LogP contribution is -2.16. The van der Waals surface area contributed by atoms with Gasteiger partial charge < -0.3 is 9.64 Å². The summed E-state index contributed by atoms with van der Waals surface area (Å²) in [5.74, 6) is -1.04. The summed E-state index contributed by atoms with van der Waals surface area (Å²) in [6.07, 6.45) is 1.80. The molecule has 0 fully saturated rings. The molecule has 0 amide bonds. The maximum Gasteiger partial charge on any atom is 0.170 e. The molecule has 0 saturated heterocycles. The number of aryl methyl sites for hydroxylation is 1. The number of carbonyl (C=O) groups excluding carboxylic acids is 1. The van der Waals surface area contributed by atoms with Crippen molar-refractivity contribution >= 4 is 17.2 Å². The van der Waals surface area contributed by atoms with Crippen LogP contribution in [0.15, 0.2) is 41.4 Å². The molecule has 0 aromatic heterocycles. The molecule has 1 heterocycles. The molecule has 4 nitrogen and oxygen atoms in total. The molecule has 0 saturated carbocycles. The van der Waals surface area contributed by atoms with Crippen molar-refractivity contribution in [2.45, 2.75) is 25.7 Å². The van der Waals surface area contributed by atoms with Gasteiger partial charge in [0.2, 0.25) is 0 Å². The van der Waals surface area contributed by atoms with Crippen LogP contribution in [0.3, 0.4) is 0 Å². The number of ketones is 1. The van der Waals surface area contributed by atoms with E-state index >= 15 is 0 Å². The summed E-state index contributed by atoms with van der Waals surface area (Å²) in [6, 6.07) is 9.43. The molecule has 0 radical (unpaired) electrons. The molecule has 0 aliphatic carbocycles. The van der Waals surface area contributed by atoms with Gasteiger partial charge in [-0.25, -0.2) is 8.78 Å². The van der Waals surface area contributed by atoms with Gasteiger partial charge in [-0.3, -0.25) is 9.79 Å². The van der Waals surface area contributed by atoms with Crippen LogP contribution in [0.1, 0.15) is 35.2 Å². The fourth-order valence-corrected chi connectivity index (χ4v) is 3.16. The first-order chi connectivity index (χ1) is 13.4. The first kappa shape index (κ1) is 20.1. The number of Topliss-reactive ketones (excluding diaryl/α,β-unsaturated/α-hetero) is 1. The second-order valence-electron chi connectivity index (χ2n) is 7.18. The third kappa shape index (κ3) is 5.01. The molecule has 1 aliphatic rings. The highest BCUT2D eigenvalue weighted by molar-refractivity contribution is 6.15. The number of nitrogens with zero attached hydrogens (tertiary/aromatic N) is 2. The molecule has 2 aromatic rings. The van der Waals surface area contributed by atoms with Crippen molar-refractivity contribution in [3.8, 4) is 5.75 Å². The van der Waals surface area contributed by atoms with E-state index in [-0.39, 0.29) is 12.2 Å². The summed E-state index contributed by atoms with van der Waals surface area (Å²) in [7, 11) is 4.02. The summed E-state index contributed by atoms with van der Waals surface area (Å²) in [5.41, 5.74) is 2.11. The van der Waals surface area contributed by atoms with E-state index in [0.717, 1.165) is 19.0 Å². The Morgan fingerprint density at radius 1 is 1.14 bits per heavy atom. The standard InChI is InChI=1S/C22H24F2N2O2/c1-26(2)11-4-12-28-17-9-10-18-20(14-17)25-16(13-21(18)27)8-7-15-5-3-6-19(23)22(15)24/h3,5-6,9-10,14H,4,7-8,11-13H2,1-2H3. The minimum atomic E-state index is -0.861. The Balaban J connectivity index is 1.68. The van der Waals surface area contributed by atoms with Crippen molar-refractivity contribution in [3.63, 3.8) is 0 Å². The highest BCUT2D eigenvalue weighted by atomic mass is 19.2. The van der Waals surface area contributed by atoms with E-state index in [1.807, 2.05) is 14.1 Å². The molecule has 3 rings (SSSR count). The van der Waals surface area contributed by atoms with Crippen molar-refractivity contribution in [1.82, 2.24) is 4.90 Å². The average molecular weight is 386 g/mol. The maximum atomic E-state index is 13.8. The first-order valence-corrected chi connectivity index (χ1v) is 9.38. The van der Waals surface area contributed by atoms with E-state index in [2.05, 4.69) is 9.89 Å². The number of hydrogen-bond acceptors (Lipinski definition) is 4. The van der Waals surface area contributed by atoms with Crippen LogP contribution >= 0.6 is 0 Å². The van der Waals surface area contributed by atoms with E-state index < -0.39 is 11.6 Å². The van der Waals surface area contributed by atoms with Crippen LogP contribution in [-0.2, 0) is 6.42 Å². The smallest absolute Gasteiger partial charge is 0.170 e. The number of ether oxygens (including phenoxy) is 1. The largest absolute Gasteiger partial charge is 0.493 e. The van der Waals surface area contributed by atoms with Gasteiger partial charge in [0.15, 0.2) is 17.4 Å². The van der Waals surface area contributed by atoms with Gasteiger partial charge >= 0.3 is 0 Å². The summed E-state index contributed by atoms with van der Waals surface area (Å²) >= 11 is 0. The van der Waals surface area contributed by atoms with Gasteiger partial charge in [0.25, 0.3) is 0 Å². The fourth-order valence-electron chi connectivity index (χ4n) is 3.16. The van der Waals surface area contributed by atoms with Gasteiger partial charge in [0.1, 0.15) is 5.75 Å². The van der Waals surface area contributed by atoms with Crippen LogP contribution in [0.25, 0.3) is 0 Å². The Morgan fingerprint density at radius 2 is 1.96 bits per heavy atom. The first-order valence-electron chi connectivity index (χ1n) is 9.38. The second-order valence-corrected chi connectivity index (χ2v) is 7.18. The Kier molecular flexibility index (Phi) is 6.52. The summed E-state index contributed by atoms with van der Waals surface area (Å²) < 4.78 is 32.9. The number of hydrogen-bond donors (Lipinski definition) is 0. The zero-order valence-electron chi connectivity index (χ0n) is 16.2. The normalized spacial score (nSPS) is 13.5. The van der Waals surface area contributed by atoms with Gasteiger partial charge in [-0.05, 0) is 57.1 Å². The van der Waals surface area contributed by atoms with Gasteiger partial charge in [0.05, 0.1) is 12.3 Å². The molecule has 1 aliphatic heterocycles. The van der Waals surface area contributed by atoms with Crippen molar-refractivity contribution in [1.29, 1.82) is 0 Å². The molecule has 2 aromatic carbocycles. The average Bonchev–Trinajstić information content (AvgIpc) is 2.66. The molecule has 0 unspecified atom stereocenters. The lowest BCUT2D eigenvalue weighted by Gasteiger charge is -2.16. The predicted molar refractivity (Wildman–Crippen MR) is 106 cm³/mol.